The number of hydrogen-bond donors (Lipinski definition) is 0. The third-order valence-electron chi connectivity index (χ3n) is 4.71. The molecule has 2 heterocycles. The molecule has 0 atom stereocenters. The lowest BCUT2D eigenvalue weighted by molar-refractivity contribution is 0.586. The Morgan fingerprint density at radius 3 is 2.39 bits per heavy atom. The van der Waals surface area contributed by atoms with E-state index >= 15 is 0 Å². The maximum atomic E-state index is 13.2. The summed E-state index contributed by atoms with van der Waals surface area (Å²) in [6.07, 6.45) is 1.44. The zero-order valence-corrected chi connectivity index (χ0v) is 17.2. The lowest BCUT2D eigenvalue weighted by atomic mass is 10.1. The van der Waals surface area contributed by atoms with Gasteiger partial charge in [-0.15, -0.1) is 0 Å². The first-order valence-corrected chi connectivity index (χ1v) is 11.0. The zero-order chi connectivity index (χ0) is 19.7. The van der Waals surface area contributed by atoms with E-state index in [1.807, 2.05) is 42.5 Å². The SMILES string of the molecule is N#Cc1ccc(S(=O)(=O)N2CCCc3nc(-c4ccc(Br)cc4)ccc32)cc1. The van der Waals surface area contributed by atoms with Gasteiger partial charge in [-0.25, -0.2) is 8.42 Å². The minimum Gasteiger partial charge on any atom is -0.264 e. The van der Waals surface area contributed by atoms with Crippen molar-refractivity contribution in [2.24, 2.45) is 0 Å². The first-order valence-electron chi connectivity index (χ1n) is 8.78. The van der Waals surface area contributed by atoms with Gasteiger partial charge in [-0.2, -0.15) is 5.26 Å². The first-order chi connectivity index (χ1) is 13.5. The van der Waals surface area contributed by atoms with Gasteiger partial charge in [0.2, 0.25) is 0 Å². The molecule has 0 unspecified atom stereocenters. The van der Waals surface area contributed by atoms with Crippen molar-refractivity contribution >= 4 is 31.6 Å². The Morgan fingerprint density at radius 1 is 1.00 bits per heavy atom. The molecule has 28 heavy (non-hydrogen) atoms. The first kappa shape index (κ1) is 18.7. The van der Waals surface area contributed by atoms with Crippen molar-refractivity contribution in [3.8, 4) is 17.3 Å². The van der Waals surface area contributed by atoms with Gasteiger partial charge < -0.3 is 0 Å². The Balaban J connectivity index is 1.72. The van der Waals surface area contributed by atoms with Crippen LogP contribution in [0.15, 0.2) is 70.0 Å². The fourth-order valence-electron chi connectivity index (χ4n) is 3.28. The highest BCUT2D eigenvalue weighted by Gasteiger charge is 2.30. The van der Waals surface area contributed by atoms with E-state index in [0.717, 1.165) is 27.8 Å². The number of anilines is 1. The molecule has 0 amide bonds. The fraction of sp³-hybridized carbons (Fsp3) is 0.143. The van der Waals surface area contributed by atoms with E-state index in [0.29, 0.717) is 24.2 Å². The lowest BCUT2D eigenvalue weighted by Gasteiger charge is -2.30. The quantitative estimate of drug-likeness (QED) is 0.583. The van der Waals surface area contributed by atoms with Gasteiger partial charge in [0, 0.05) is 16.6 Å². The highest BCUT2D eigenvalue weighted by molar-refractivity contribution is 9.10. The zero-order valence-electron chi connectivity index (χ0n) is 14.8. The minimum absolute atomic E-state index is 0.177. The topological polar surface area (TPSA) is 74.1 Å². The maximum Gasteiger partial charge on any atom is 0.264 e. The van der Waals surface area contributed by atoms with Crippen LogP contribution < -0.4 is 4.31 Å². The second-order valence-electron chi connectivity index (χ2n) is 6.49. The Bertz CT molecular complexity index is 1170. The molecule has 1 aliphatic rings. The van der Waals surface area contributed by atoms with Crippen molar-refractivity contribution in [3.05, 3.63) is 76.4 Å². The summed E-state index contributed by atoms with van der Waals surface area (Å²) in [6.45, 7) is 0.411. The van der Waals surface area contributed by atoms with Crippen LogP contribution in [0.1, 0.15) is 17.7 Å². The molecule has 3 aromatic rings. The molecule has 0 saturated heterocycles. The molecule has 7 heteroatoms. The fourth-order valence-corrected chi connectivity index (χ4v) is 5.07. The molecule has 0 aliphatic carbocycles. The highest BCUT2D eigenvalue weighted by Crippen LogP contribution is 2.33. The lowest BCUT2D eigenvalue weighted by Crippen LogP contribution is -2.35. The second-order valence-corrected chi connectivity index (χ2v) is 9.26. The van der Waals surface area contributed by atoms with E-state index < -0.39 is 10.0 Å². The summed E-state index contributed by atoms with van der Waals surface area (Å²) in [5.74, 6) is 0. The number of halogens is 1. The Kier molecular flexibility index (Phi) is 4.92. The molecule has 1 aliphatic heterocycles. The number of hydrogen-bond acceptors (Lipinski definition) is 4. The Labute approximate surface area is 172 Å². The minimum atomic E-state index is -3.71. The Morgan fingerprint density at radius 2 is 1.71 bits per heavy atom. The number of nitriles is 1. The van der Waals surface area contributed by atoms with Crippen molar-refractivity contribution in [2.75, 3.05) is 10.8 Å². The third-order valence-corrected chi connectivity index (χ3v) is 7.06. The van der Waals surface area contributed by atoms with E-state index in [1.165, 1.54) is 28.6 Å². The summed E-state index contributed by atoms with van der Waals surface area (Å²) < 4.78 is 28.7. The van der Waals surface area contributed by atoms with E-state index in [4.69, 9.17) is 10.2 Å². The molecular formula is C21H16BrN3O2S. The molecule has 140 valence electrons. The summed E-state index contributed by atoms with van der Waals surface area (Å²) in [5, 5.41) is 8.92. The second kappa shape index (κ2) is 7.38. The monoisotopic (exact) mass is 453 g/mol. The van der Waals surface area contributed by atoms with Crippen LogP contribution in [0.5, 0.6) is 0 Å². The molecular weight excluding hydrogens is 438 g/mol. The van der Waals surface area contributed by atoms with E-state index in [2.05, 4.69) is 15.9 Å². The Hall–Kier alpha value is -2.69. The van der Waals surface area contributed by atoms with Crippen LogP contribution in [0.2, 0.25) is 0 Å². The number of aromatic nitrogens is 1. The molecule has 0 radical (unpaired) electrons. The van der Waals surface area contributed by atoms with Gasteiger partial charge in [-0.3, -0.25) is 9.29 Å². The van der Waals surface area contributed by atoms with Gasteiger partial charge in [0.25, 0.3) is 10.0 Å². The summed E-state index contributed by atoms with van der Waals surface area (Å²) in [4.78, 5) is 4.91. The number of aryl methyl sites for hydroxylation is 1. The number of rotatable bonds is 3. The number of nitrogens with zero attached hydrogens (tertiary/aromatic N) is 3. The van der Waals surface area contributed by atoms with Gasteiger partial charge in [0.05, 0.1) is 33.6 Å². The summed E-state index contributed by atoms with van der Waals surface area (Å²) in [5.41, 5.74) is 3.64. The van der Waals surface area contributed by atoms with Crippen molar-refractivity contribution in [1.29, 1.82) is 5.26 Å². The van der Waals surface area contributed by atoms with E-state index in [-0.39, 0.29) is 4.90 Å². The number of pyridine rings is 1. The van der Waals surface area contributed by atoms with Gasteiger partial charge in [-0.05, 0) is 61.4 Å². The molecule has 0 N–H and O–H groups in total. The molecule has 0 saturated carbocycles. The smallest absolute Gasteiger partial charge is 0.264 e. The van der Waals surface area contributed by atoms with Gasteiger partial charge in [0.1, 0.15) is 0 Å². The van der Waals surface area contributed by atoms with Gasteiger partial charge in [-0.1, -0.05) is 28.1 Å². The van der Waals surface area contributed by atoms with Gasteiger partial charge in [0.15, 0.2) is 0 Å². The maximum absolute atomic E-state index is 13.2. The van der Waals surface area contributed by atoms with Gasteiger partial charge >= 0.3 is 0 Å². The molecule has 2 aromatic carbocycles. The molecule has 0 spiro atoms. The highest BCUT2D eigenvalue weighted by atomic mass is 79.9. The molecule has 1 aromatic heterocycles. The van der Waals surface area contributed by atoms with Crippen molar-refractivity contribution in [3.63, 3.8) is 0 Å². The molecule has 0 fully saturated rings. The van der Waals surface area contributed by atoms with Crippen LogP contribution in [0.3, 0.4) is 0 Å². The van der Waals surface area contributed by atoms with E-state index in [1.54, 1.807) is 0 Å². The normalized spacial score (nSPS) is 13.6. The van der Waals surface area contributed by atoms with Crippen LogP contribution in [0, 0.1) is 11.3 Å². The number of fused-ring (bicyclic) bond motifs is 1. The standard InChI is InChI=1S/C21H16BrN3O2S/c22-17-7-5-16(6-8-17)19-11-12-21-20(24-19)2-1-13-25(21)28(26,27)18-9-3-15(14-23)4-10-18/h3-12H,1-2,13H2. The predicted octanol–water partition coefficient (Wildman–Crippen LogP) is 4.52. The summed E-state index contributed by atoms with van der Waals surface area (Å²) >= 11 is 3.43. The largest absolute Gasteiger partial charge is 0.264 e. The summed E-state index contributed by atoms with van der Waals surface area (Å²) in [6, 6.07) is 19.6. The average Bonchev–Trinajstić information content (AvgIpc) is 2.73. The number of sulfonamides is 1. The molecule has 0 bridgehead atoms. The van der Waals surface area contributed by atoms with Crippen LogP contribution >= 0.6 is 15.9 Å². The van der Waals surface area contributed by atoms with E-state index in [9.17, 15) is 8.42 Å². The summed E-state index contributed by atoms with van der Waals surface area (Å²) in [7, 11) is -3.71. The molecule has 4 rings (SSSR count). The van der Waals surface area contributed by atoms with Crippen LogP contribution in [-0.2, 0) is 16.4 Å². The van der Waals surface area contributed by atoms with Crippen molar-refractivity contribution < 1.29 is 8.42 Å². The predicted molar refractivity (Wildman–Crippen MR) is 111 cm³/mol. The van der Waals surface area contributed by atoms with Crippen LogP contribution in [0.4, 0.5) is 5.69 Å². The van der Waals surface area contributed by atoms with Crippen LogP contribution in [0.25, 0.3) is 11.3 Å². The third kappa shape index (κ3) is 3.41. The van der Waals surface area contributed by atoms with Crippen molar-refractivity contribution in [2.45, 2.75) is 17.7 Å². The van der Waals surface area contributed by atoms with Crippen molar-refractivity contribution in [1.82, 2.24) is 4.98 Å². The molecule has 5 nitrogen and oxygen atoms in total. The average molecular weight is 454 g/mol. The van der Waals surface area contributed by atoms with Crippen LogP contribution in [-0.4, -0.2) is 19.9 Å². The number of benzene rings is 2.